The molecule has 25 heavy (non-hydrogen) atoms. The van der Waals surface area contributed by atoms with Gasteiger partial charge in [-0.3, -0.25) is 9.89 Å². The van der Waals surface area contributed by atoms with Crippen LogP contribution in [0.25, 0.3) is 11.1 Å². The van der Waals surface area contributed by atoms with Crippen LogP contribution in [0.1, 0.15) is 15.9 Å². The Labute approximate surface area is 149 Å². The van der Waals surface area contributed by atoms with Crippen LogP contribution in [0, 0.1) is 0 Å². The van der Waals surface area contributed by atoms with Gasteiger partial charge in [0, 0.05) is 5.56 Å². The molecule has 0 unspecified atom stereocenters. The number of rotatable bonds is 3. The maximum absolute atomic E-state index is 12.6. The van der Waals surface area contributed by atoms with E-state index in [0.29, 0.717) is 27.0 Å². The summed E-state index contributed by atoms with van der Waals surface area (Å²) in [5.74, 6) is 0.0589. The molecule has 1 aromatic heterocycles. The van der Waals surface area contributed by atoms with E-state index in [0.717, 1.165) is 12.1 Å². The summed E-state index contributed by atoms with van der Waals surface area (Å²) in [6.45, 7) is 0. The average Bonchev–Trinajstić information content (AvgIpc) is 2.99. The van der Waals surface area contributed by atoms with E-state index in [1.54, 1.807) is 24.3 Å². The first kappa shape index (κ1) is 17.2. The number of hydrogen-bond acceptors (Lipinski definition) is 2. The summed E-state index contributed by atoms with van der Waals surface area (Å²) in [6, 6.07) is 11.4. The molecule has 2 aromatic carbocycles. The molecule has 0 bridgehead atoms. The number of carbonyl (C=O) groups is 1. The maximum Gasteiger partial charge on any atom is 0.416 e. The fourth-order valence-electron chi connectivity index (χ4n) is 2.24. The molecular formula is C17H11BrF3N3O. The van der Waals surface area contributed by atoms with Crippen LogP contribution in [0.4, 0.5) is 19.0 Å². The molecule has 1 amide bonds. The molecule has 0 aliphatic rings. The SMILES string of the molecule is O=C(Nc1[nH]ncc1Br)c1cccc(-c2ccc(C(F)(F)F)cc2)c1. The number of carbonyl (C=O) groups excluding carboxylic acids is 1. The van der Waals surface area contributed by atoms with Crippen LogP contribution in [0.2, 0.25) is 0 Å². The van der Waals surface area contributed by atoms with Crippen LogP contribution in [0.3, 0.4) is 0 Å². The quantitative estimate of drug-likeness (QED) is 0.631. The normalized spacial score (nSPS) is 11.4. The third-order valence-electron chi connectivity index (χ3n) is 3.50. The number of amides is 1. The van der Waals surface area contributed by atoms with Gasteiger partial charge in [-0.15, -0.1) is 0 Å². The van der Waals surface area contributed by atoms with Crippen molar-refractivity contribution >= 4 is 27.7 Å². The standard InChI is InChI=1S/C17H11BrF3N3O/c18-14-9-22-24-15(14)23-16(25)12-3-1-2-11(8-12)10-4-6-13(7-5-10)17(19,20)21/h1-9H,(H2,22,23,24,25). The van der Waals surface area contributed by atoms with E-state index in [-0.39, 0.29) is 5.91 Å². The molecular weight excluding hydrogens is 399 g/mol. The molecule has 0 radical (unpaired) electrons. The lowest BCUT2D eigenvalue weighted by Crippen LogP contribution is -2.12. The maximum atomic E-state index is 12.6. The van der Waals surface area contributed by atoms with Crippen LogP contribution in [0.15, 0.2) is 59.2 Å². The lowest BCUT2D eigenvalue weighted by Gasteiger charge is -2.09. The minimum atomic E-state index is -4.38. The Morgan fingerprint density at radius 2 is 1.80 bits per heavy atom. The first-order valence-corrected chi connectivity index (χ1v) is 7.92. The molecule has 0 atom stereocenters. The molecule has 0 spiro atoms. The van der Waals surface area contributed by atoms with Gasteiger partial charge in [-0.25, -0.2) is 0 Å². The van der Waals surface area contributed by atoms with Gasteiger partial charge >= 0.3 is 6.18 Å². The van der Waals surface area contributed by atoms with Crippen molar-refractivity contribution < 1.29 is 18.0 Å². The summed E-state index contributed by atoms with van der Waals surface area (Å²) >= 11 is 3.24. The summed E-state index contributed by atoms with van der Waals surface area (Å²) < 4.78 is 38.5. The van der Waals surface area contributed by atoms with Crippen molar-refractivity contribution in [2.75, 3.05) is 5.32 Å². The molecule has 0 saturated carbocycles. The van der Waals surface area contributed by atoms with Crippen LogP contribution >= 0.6 is 15.9 Å². The Morgan fingerprint density at radius 3 is 2.40 bits per heavy atom. The molecule has 0 saturated heterocycles. The van der Waals surface area contributed by atoms with E-state index in [1.165, 1.54) is 18.3 Å². The number of alkyl halides is 3. The second kappa shape index (κ2) is 6.72. The van der Waals surface area contributed by atoms with Gasteiger partial charge in [0.2, 0.25) is 0 Å². The summed E-state index contributed by atoms with van der Waals surface area (Å²) in [7, 11) is 0. The zero-order chi connectivity index (χ0) is 18.0. The summed E-state index contributed by atoms with van der Waals surface area (Å²) in [5, 5.41) is 9.08. The lowest BCUT2D eigenvalue weighted by molar-refractivity contribution is -0.137. The van der Waals surface area contributed by atoms with E-state index in [1.807, 2.05) is 0 Å². The van der Waals surface area contributed by atoms with E-state index in [2.05, 4.69) is 31.4 Å². The first-order chi connectivity index (χ1) is 11.8. The smallest absolute Gasteiger partial charge is 0.306 e. The lowest BCUT2D eigenvalue weighted by atomic mass is 10.0. The van der Waals surface area contributed by atoms with E-state index in [4.69, 9.17) is 0 Å². The van der Waals surface area contributed by atoms with Gasteiger partial charge < -0.3 is 5.32 Å². The Hall–Kier alpha value is -2.61. The first-order valence-electron chi connectivity index (χ1n) is 7.12. The van der Waals surface area contributed by atoms with Gasteiger partial charge in [0.1, 0.15) is 5.82 Å². The molecule has 4 nitrogen and oxygen atoms in total. The number of benzene rings is 2. The van der Waals surface area contributed by atoms with E-state index in [9.17, 15) is 18.0 Å². The minimum absolute atomic E-state index is 0.362. The fraction of sp³-hybridized carbons (Fsp3) is 0.0588. The van der Waals surface area contributed by atoms with E-state index >= 15 is 0 Å². The van der Waals surface area contributed by atoms with Crippen molar-refractivity contribution in [3.05, 3.63) is 70.3 Å². The molecule has 8 heteroatoms. The fourth-order valence-corrected chi connectivity index (χ4v) is 2.53. The second-order valence-corrected chi connectivity index (χ2v) is 6.06. The predicted molar refractivity (Wildman–Crippen MR) is 91.1 cm³/mol. The molecule has 1 heterocycles. The molecule has 3 aromatic rings. The minimum Gasteiger partial charge on any atom is -0.306 e. The average molecular weight is 410 g/mol. The van der Waals surface area contributed by atoms with Gasteiger partial charge in [-0.1, -0.05) is 24.3 Å². The van der Waals surface area contributed by atoms with Crippen molar-refractivity contribution in [2.45, 2.75) is 6.18 Å². The van der Waals surface area contributed by atoms with Crippen LogP contribution in [-0.4, -0.2) is 16.1 Å². The second-order valence-electron chi connectivity index (χ2n) is 5.20. The van der Waals surface area contributed by atoms with Crippen molar-refractivity contribution in [2.24, 2.45) is 0 Å². The topological polar surface area (TPSA) is 57.8 Å². The highest BCUT2D eigenvalue weighted by Gasteiger charge is 2.29. The predicted octanol–water partition coefficient (Wildman–Crippen LogP) is 5.11. The molecule has 0 aliphatic heterocycles. The number of aromatic nitrogens is 2. The van der Waals surface area contributed by atoms with E-state index < -0.39 is 11.7 Å². The number of anilines is 1. The number of aromatic amines is 1. The Balaban J connectivity index is 1.84. The van der Waals surface area contributed by atoms with Crippen molar-refractivity contribution in [3.8, 4) is 11.1 Å². The summed E-state index contributed by atoms with van der Waals surface area (Å²) in [6.07, 6.45) is -2.87. The molecule has 128 valence electrons. The van der Waals surface area contributed by atoms with Crippen LogP contribution < -0.4 is 5.32 Å². The van der Waals surface area contributed by atoms with Crippen molar-refractivity contribution in [1.29, 1.82) is 0 Å². The Morgan fingerprint density at radius 1 is 1.08 bits per heavy atom. The Bertz CT molecular complexity index is 904. The zero-order valence-corrected chi connectivity index (χ0v) is 14.1. The summed E-state index contributed by atoms with van der Waals surface area (Å²) in [4.78, 5) is 12.3. The summed E-state index contributed by atoms with van der Waals surface area (Å²) in [5.41, 5.74) is 0.892. The van der Waals surface area contributed by atoms with Crippen LogP contribution in [-0.2, 0) is 6.18 Å². The molecule has 0 fully saturated rings. The largest absolute Gasteiger partial charge is 0.416 e. The highest BCUT2D eigenvalue weighted by Crippen LogP contribution is 2.31. The van der Waals surface area contributed by atoms with Crippen LogP contribution in [0.5, 0.6) is 0 Å². The van der Waals surface area contributed by atoms with Gasteiger partial charge in [0.15, 0.2) is 0 Å². The van der Waals surface area contributed by atoms with Crippen molar-refractivity contribution in [1.82, 2.24) is 10.2 Å². The van der Waals surface area contributed by atoms with Crippen molar-refractivity contribution in [3.63, 3.8) is 0 Å². The Kier molecular flexibility index (Phi) is 4.63. The molecule has 3 rings (SSSR count). The molecule has 2 N–H and O–H groups in total. The number of hydrogen-bond donors (Lipinski definition) is 2. The third-order valence-corrected chi connectivity index (χ3v) is 4.10. The monoisotopic (exact) mass is 409 g/mol. The highest BCUT2D eigenvalue weighted by atomic mass is 79.9. The number of nitrogens with one attached hydrogen (secondary N) is 2. The van der Waals surface area contributed by atoms with Gasteiger partial charge in [-0.05, 0) is 51.3 Å². The molecule has 0 aliphatic carbocycles. The van der Waals surface area contributed by atoms with Gasteiger partial charge in [-0.2, -0.15) is 18.3 Å². The number of halogens is 4. The number of nitrogens with zero attached hydrogens (tertiary/aromatic N) is 1. The van der Waals surface area contributed by atoms with Gasteiger partial charge in [0.25, 0.3) is 5.91 Å². The van der Waals surface area contributed by atoms with Gasteiger partial charge in [0.05, 0.1) is 16.2 Å². The highest BCUT2D eigenvalue weighted by molar-refractivity contribution is 9.10. The number of H-pyrrole nitrogens is 1. The third kappa shape index (κ3) is 3.90. The zero-order valence-electron chi connectivity index (χ0n) is 12.6.